The van der Waals surface area contributed by atoms with Gasteiger partial charge in [0, 0.05) is 21.9 Å². The Morgan fingerprint density at radius 3 is 1.71 bits per heavy atom. The van der Waals surface area contributed by atoms with E-state index in [1.54, 1.807) is 0 Å². The molecule has 0 saturated carbocycles. The van der Waals surface area contributed by atoms with Crippen LogP contribution in [0.25, 0.3) is 20.9 Å². The van der Waals surface area contributed by atoms with Crippen LogP contribution >= 0.6 is 0 Å². The van der Waals surface area contributed by atoms with Crippen LogP contribution in [-0.2, 0) is 14.3 Å². The number of azide groups is 2. The smallest absolute Gasteiger partial charge is 0.313 e. The Morgan fingerprint density at radius 2 is 1.41 bits per heavy atom. The van der Waals surface area contributed by atoms with E-state index in [1.165, 1.54) is 13.8 Å². The van der Waals surface area contributed by atoms with Gasteiger partial charge in [0.15, 0.2) is 0 Å². The van der Waals surface area contributed by atoms with Crippen molar-refractivity contribution in [2.24, 2.45) is 10.2 Å². The van der Waals surface area contributed by atoms with E-state index in [-0.39, 0.29) is 12.8 Å². The predicted octanol–water partition coefficient (Wildman–Crippen LogP) is 2.23. The van der Waals surface area contributed by atoms with Crippen LogP contribution in [-0.4, -0.2) is 24.0 Å². The molecular formula is C8H12N6O3. The zero-order valence-corrected chi connectivity index (χ0v) is 9.48. The molecule has 0 spiro atoms. The lowest BCUT2D eigenvalue weighted by molar-refractivity contribution is -0.159. The summed E-state index contributed by atoms with van der Waals surface area (Å²) in [4.78, 5) is 27.3. The molecule has 0 aromatic heterocycles. The normalized spacial score (nSPS) is 12.6. The predicted molar refractivity (Wildman–Crippen MR) is 57.5 cm³/mol. The van der Waals surface area contributed by atoms with Crippen LogP contribution in [0.2, 0.25) is 0 Å². The summed E-state index contributed by atoms with van der Waals surface area (Å²) < 4.78 is 4.44. The Hall–Kier alpha value is -2.24. The van der Waals surface area contributed by atoms with Crippen LogP contribution in [0.3, 0.4) is 0 Å². The van der Waals surface area contributed by atoms with Crippen molar-refractivity contribution < 1.29 is 14.3 Å². The second-order valence-electron chi connectivity index (χ2n) is 3.36. The van der Waals surface area contributed by atoms with Crippen molar-refractivity contribution in [1.82, 2.24) is 0 Å². The van der Waals surface area contributed by atoms with Crippen LogP contribution in [0.1, 0.15) is 26.7 Å². The van der Waals surface area contributed by atoms with Crippen molar-refractivity contribution in [3.8, 4) is 0 Å². The van der Waals surface area contributed by atoms with Crippen molar-refractivity contribution >= 4 is 11.9 Å². The van der Waals surface area contributed by atoms with E-state index in [9.17, 15) is 9.59 Å². The summed E-state index contributed by atoms with van der Waals surface area (Å²) in [6, 6.07) is -1.15. The van der Waals surface area contributed by atoms with Gasteiger partial charge in [-0.2, -0.15) is 0 Å². The molecule has 0 aliphatic carbocycles. The Balaban J connectivity index is 4.08. The highest BCUT2D eigenvalue weighted by Gasteiger charge is 2.15. The van der Waals surface area contributed by atoms with Crippen LogP contribution in [0.15, 0.2) is 10.2 Å². The first kappa shape index (κ1) is 14.8. The first-order valence-corrected chi connectivity index (χ1v) is 4.81. The number of hydrogen-bond acceptors (Lipinski definition) is 5. The van der Waals surface area contributed by atoms with E-state index >= 15 is 0 Å². The minimum absolute atomic E-state index is 0.175. The van der Waals surface area contributed by atoms with Crippen molar-refractivity contribution in [1.29, 1.82) is 0 Å². The third-order valence-corrected chi connectivity index (χ3v) is 1.65. The van der Waals surface area contributed by atoms with Gasteiger partial charge in [0.1, 0.15) is 0 Å². The van der Waals surface area contributed by atoms with Gasteiger partial charge in [-0.05, 0) is 11.1 Å². The molecule has 2 unspecified atom stereocenters. The highest BCUT2D eigenvalue weighted by atomic mass is 16.6. The van der Waals surface area contributed by atoms with Crippen LogP contribution < -0.4 is 0 Å². The maximum absolute atomic E-state index is 11.1. The number of carbonyl (C=O) groups excluding carboxylic acids is 2. The van der Waals surface area contributed by atoms with E-state index in [0.29, 0.717) is 0 Å². The lowest BCUT2D eigenvalue weighted by Gasteiger charge is -2.06. The summed E-state index contributed by atoms with van der Waals surface area (Å²) >= 11 is 0. The number of ether oxygens (including phenoxy) is 1. The second-order valence-corrected chi connectivity index (χ2v) is 3.36. The second kappa shape index (κ2) is 7.98. The average molecular weight is 240 g/mol. The molecule has 0 aliphatic rings. The molecule has 0 aromatic rings. The number of nitrogens with zero attached hydrogens (tertiary/aromatic N) is 6. The van der Waals surface area contributed by atoms with Gasteiger partial charge in [0.05, 0.1) is 12.8 Å². The summed E-state index contributed by atoms with van der Waals surface area (Å²) in [5, 5.41) is 6.53. The van der Waals surface area contributed by atoms with Gasteiger partial charge in [-0.15, -0.1) is 0 Å². The van der Waals surface area contributed by atoms with E-state index in [2.05, 4.69) is 24.8 Å². The molecule has 0 amide bonds. The van der Waals surface area contributed by atoms with Gasteiger partial charge in [0.25, 0.3) is 0 Å². The maximum Gasteiger partial charge on any atom is 0.313 e. The minimum Gasteiger partial charge on any atom is -0.393 e. The minimum atomic E-state index is -0.775. The highest BCUT2D eigenvalue weighted by Crippen LogP contribution is 2.03. The molecule has 9 heteroatoms. The summed E-state index contributed by atoms with van der Waals surface area (Å²) in [5.74, 6) is -1.55. The average Bonchev–Trinajstić information content (AvgIpc) is 2.16. The number of rotatable bonds is 6. The molecule has 0 aliphatic heterocycles. The summed E-state index contributed by atoms with van der Waals surface area (Å²) in [6.07, 6.45) is -0.350. The zero-order valence-electron chi connectivity index (χ0n) is 9.48. The van der Waals surface area contributed by atoms with E-state index < -0.39 is 24.0 Å². The van der Waals surface area contributed by atoms with E-state index in [4.69, 9.17) is 11.1 Å². The van der Waals surface area contributed by atoms with Crippen molar-refractivity contribution in [2.75, 3.05) is 0 Å². The zero-order chi connectivity index (χ0) is 13.3. The first-order valence-electron chi connectivity index (χ1n) is 4.81. The fraction of sp³-hybridized carbons (Fsp3) is 0.750. The van der Waals surface area contributed by atoms with Gasteiger partial charge >= 0.3 is 11.9 Å². The lowest BCUT2D eigenvalue weighted by Crippen LogP contribution is -2.18. The van der Waals surface area contributed by atoms with Crippen molar-refractivity contribution in [2.45, 2.75) is 38.8 Å². The third-order valence-electron chi connectivity index (χ3n) is 1.65. The molecule has 9 nitrogen and oxygen atoms in total. The Morgan fingerprint density at radius 1 is 1.06 bits per heavy atom. The SMILES string of the molecule is CC(CC(=O)OC(=O)CC(C)N=[N+]=[N-])N=[N+]=[N-]. The molecule has 0 N–H and O–H groups in total. The standard InChI is InChI=1S/C8H12N6O3/c1-5(11-13-9)3-7(15)17-8(16)4-6(2)12-14-10/h5-6H,3-4H2,1-2H3. The number of hydrogen-bond donors (Lipinski definition) is 0. The summed E-state index contributed by atoms with van der Waals surface area (Å²) in [7, 11) is 0. The third kappa shape index (κ3) is 7.66. The van der Waals surface area contributed by atoms with Gasteiger partial charge in [-0.1, -0.05) is 24.1 Å². The van der Waals surface area contributed by atoms with Gasteiger partial charge in [0.2, 0.25) is 0 Å². The fourth-order valence-corrected chi connectivity index (χ4v) is 0.951. The molecule has 92 valence electrons. The van der Waals surface area contributed by atoms with Crippen LogP contribution in [0.4, 0.5) is 0 Å². The molecule has 17 heavy (non-hydrogen) atoms. The molecule has 0 radical (unpaired) electrons. The van der Waals surface area contributed by atoms with E-state index in [1.807, 2.05) is 0 Å². The fourth-order valence-electron chi connectivity index (χ4n) is 0.951. The quantitative estimate of drug-likeness (QED) is 0.231. The molecule has 0 heterocycles. The molecule has 0 fully saturated rings. The lowest BCUT2D eigenvalue weighted by atomic mass is 10.2. The van der Waals surface area contributed by atoms with Crippen LogP contribution in [0, 0.1) is 0 Å². The number of carbonyl (C=O) groups is 2. The summed E-state index contributed by atoms with van der Waals surface area (Å²) in [5.41, 5.74) is 16.2. The Labute approximate surface area is 97.0 Å². The molecule has 0 rings (SSSR count). The topological polar surface area (TPSA) is 141 Å². The molecule has 0 aromatic carbocycles. The van der Waals surface area contributed by atoms with Gasteiger partial charge < -0.3 is 4.74 Å². The highest BCUT2D eigenvalue weighted by molar-refractivity contribution is 5.85. The Bertz CT molecular complexity index is 347. The van der Waals surface area contributed by atoms with Crippen molar-refractivity contribution in [3.63, 3.8) is 0 Å². The summed E-state index contributed by atoms with van der Waals surface area (Å²) in [6.45, 7) is 3.04. The number of esters is 2. The molecule has 0 bridgehead atoms. The van der Waals surface area contributed by atoms with Gasteiger partial charge in [-0.3, -0.25) is 9.59 Å². The van der Waals surface area contributed by atoms with Gasteiger partial charge in [-0.25, -0.2) is 0 Å². The first-order chi connectivity index (χ1) is 7.99. The van der Waals surface area contributed by atoms with E-state index in [0.717, 1.165) is 0 Å². The molecular weight excluding hydrogens is 228 g/mol. The Kier molecular flexibility index (Phi) is 6.92. The van der Waals surface area contributed by atoms with Crippen molar-refractivity contribution in [3.05, 3.63) is 20.9 Å². The maximum atomic E-state index is 11.1. The molecule has 2 atom stereocenters. The largest absolute Gasteiger partial charge is 0.393 e. The van der Waals surface area contributed by atoms with Crippen LogP contribution in [0.5, 0.6) is 0 Å². The molecule has 0 saturated heterocycles. The monoisotopic (exact) mass is 240 g/mol.